The van der Waals surface area contributed by atoms with E-state index in [4.69, 9.17) is 4.74 Å². The van der Waals surface area contributed by atoms with Gasteiger partial charge in [0.05, 0.1) is 11.7 Å². The van der Waals surface area contributed by atoms with Crippen molar-refractivity contribution < 1.29 is 9.53 Å². The number of benzene rings is 3. The molecule has 0 saturated carbocycles. The van der Waals surface area contributed by atoms with Crippen LogP contribution in [0.2, 0.25) is 0 Å². The van der Waals surface area contributed by atoms with Gasteiger partial charge in [0.1, 0.15) is 12.4 Å². The second-order valence-corrected chi connectivity index (χ2v) is 9.40. The van der Waals surface area contributed by atoms with Crippen molar-refractivity contribution in [2.24, 2.45) is 0 Å². The highest BCUT2D eigenvalue weighted by molar-refractivity contribution is 6.00. The van der Waals surface area contributed by atoms with Crippen LogP contribution in [-0.2, 0) is 4.79 Å². The zero-order valence-corrected chi connectivity index (χ0v) is 21.8. The van der Waals surface area contributed by atoms with Crippen LogP contribution in [0.15, 0.2) is 91.1 Å². The topological polar surface area (TPSA) is 70.2 Å². The Labute approximate surface area is 224 Å². The smallest absolute Gasteiger partial charge is 0.246 e. The third-order valence-electron chi connectivity index (χ3n) is 6.89. The fourth-order valence-electron chi connectivity index (χ4n) is 4.72. The number of carbonyl (C=O) groups is 1. The molecule has 194 valence electrons. The highest BCUT2D eigenvalue weighted by Gasteiger charge is 2.17. The first-order valence-electron chi connectivity index (χ1n) is 13.3. The number of hydrogen-bond donors (Lipinski definition) is 2. The van der Waals surface area contributed by atoms with Crippen molar-refractivity contribution >= 4 is 28.0 Å². The molecular weight excluding hydrogens is 472 g/mol. The number of nitrogens with zero attached hydrogens (tertiary/aromatic N) is 2. The average Bonchev–Trinajstić information content (AvgIpc) is 3.39. The van der Waals surface area contributed by atoms with Gasteiger partial charge in [0.15, 0.2) is 0 Å². The van der Waals surface area contributed by atoms with E-state index in [-0.39, 0.29) is 5.91 Å². The van der Waals surface area contributed by atoms with Gasteiger partial charge in [-0.05, 0) is 64.9 Å². The standard InChI is InChI=1S/C32H34N4O2/c1-2-29(24-8-4-3-5-9-24)32(26-13-16-30-27(22-26)23-34-35-30)25-11-14-28(15-12-25)38-21-18-33-17-6-10-31(37)36-19-7-20-36/h3-6,8-16,22-23,33H,2,7,17-21H2,1H3,(H,34,35)/b10-6?,32-29+. The summed E-state index contributed by atoms with van der Waals surface area (Å²) in [5, 5.41) is 11.6. The normalized spacial score (nSPS) is 14.0. The van der Waals surface area contributed by atoms with Crippen molar-refractivity contribution in [1.82, 2.24) is 20.4 Å². The average molecular weight is 507 g/mol. The number of fused-ring (bicyclic) bond motifs is 1. The number of H-pyrrole nitrogens is 1. The van der Waals surface area contributed by atoms with E-state index in [1.165, 1.54) is 16.7 Å². The highest BCUT2D eigenvalue weighted by atomic mass is 16.5. The maximum Gasteiger partial charge on any atom is 0.246 e. The van der Waals surface area contributed by atoms with Crippen LogP contribution in [0.4, 0.5) is 0 Å². The summed E-state index contributed by atoms with van der Waals surface area (Å²) < 4.78 is 5.97. The maximum absolute atomic E-state index is 11.8. The lowest BCUT2D eigenvalue weighted by Crippen LogP contribution is -2.41. The number of likely N-dealkylation sites (tertiary alicyclic amines) is 1. The third-order valence-corrected chi connectivity index (χ3v) is 6.89. The summed E-state index contributed by atoms with van der Waals surface area (Å²) in [5.41, 5.74) is 7.08. The van der Waals surface area contributed by atoms with Crippen molar-refractivity contribution in [1.29, 1.82) is 0 Å². The van der Waals surface area contributed by atoms with Gasteiger partial charge in [-0.3, -0.25) is 9.89 Å². The minimum Gasteiger partial charge on any atom is -0.492 e. The van der Waals surface area contributed by atoms with Crippen LogP contribution in [-0.4, -0.2) is 53.8 Å². The molecule has 1 fully saturated rings. The Kier molecular flexibility index (Phi) is 8.31. The summed E-state index contributed by atoms with van der Waals surface area (Å²) in [4.78, 5) is 13.7. The van der Waals surface area contributed by atoms with Crippen LogP contribution in [0.25, 0.3) is 22.0 Å². The lowest BCUT2D eigenvalue weighted by Gasteiger charge is -2.29. The number of amides is 1. The molecule has 0 aliphatic carbocycles. The van der Waals surface area contributed by atoms with Gasteiger partial charge in [-0.25, -0.2) is 0 Å². The minimum absolute atomic E-state index is 0.103. The molecule has 1 aromatic heterocycles. The molecular formula is C32H34N4O2. The van der Waals surface area contributed by atoms with Gasteiger partial charge in [-0.15, -0.1) is 0 Å². The molecule has 0 radical (unpaired) electrons. The number of carbonyl (C=O) groups excluding carboxylic acids is 1. The van der Waals surface area contributed by atoms with Gasteiger partial charge < -0.3 is 15.0 Å². The fourth-order valence-corrected chi connectivity index (χ4v) is 4.72. The van der Waals surface area contributed by atoms with E-state index in [1.54, 1.807) is 6.08 Å². The third kappa shape index (κ3) is 6.03. The second kappa shape index (κ2) is 12.4. The zero-order valence-electron chi connectivity index (χ0n) is 21.8. The van der Waals surface area contributed by atoms with Crippen LogP contribution in [0.1, 0.15) is 36.5 Å². The van der Waals surface area contributed by atoms with E-state index in [0.29, 0.717) is 19.7 Å². The van der Waals surface area contributed by atoms with E-state index >= 15 is 0 Å². The summed E-state index contributed by atoms with van der Waals surface area (Å²) in [6.45, 7) is 5.87. The van der Waals surface area contributed by atoms with Crippen molar-refractivity contribution in [2.45, 2.75) is 19.8 Å². The van der Waals surface area contributed by atoms with Gasteiger partial charge >= 0.3 is 0 Å². The number of aromatic nitrogens is 2. The zero-order chi connectivity index (χ0) is 26.2. The van der Waals surface area contributed by atoms with E-state index in [9.17, 15) is 4.79 Å². The number of ether oxygens (including phenoxy) is 1. The Morgan fingerprint density at radius 1 is 1.03 bits per heavy atom. The minimum atomic E-state index is 0.103. The van der Waals surface area contributed by atoms with Crippen LogP contribution in [0.5, 0.6) is 5.75 Å². The predicted octanol–water partition coefficient (Wildman–Crippen LogP) is 5.69. The van der Waals surface area contributed by atoms with Gasteiger partial charge in [0, 0.05) is 37.6 Å². The molecule has 4 aromatic rings. The summed E-state index contributed by atoms with van der Waals surface area (Å²) in [6.07, 6.45) is 7.42. The molecule has 6 heteroatoms. The molecule has 1 aliphatic heterocycles. The largest absolute Gasteiger partial charge is 0.492 e. The van der Waals surface area contributed by atoms with E-state index in [0.717, 1.165) is 53.7 Å². The number of aromatic amines is 1. The number of rotatable bonds is 11. The molecule has 1 amide bonds. The monoisotopic (exact) mass is 506 g/mol. The molecule has 38 heavy (non-hydrogen) atoms. The van der Waals surface area contributed by atoms with Gasteiger partial charge in [0.2, 0.25) is 5.91 Å². The van der Waals surface area contributed by atoms with Gasteiger partial charge in [-0.2, -0.15) is 5.10 Å². The SMILES string of the molecule is CC/C(=C(/c1ccc(OCCNCC=CC(=O)N2CCC2)cc1)c1ccc2[nH]ncc2c1)c1ccccc1. The van der Waals surface area contributed by atoms with Gasteiger partial charge in [0.25, 0.3) is 0 Å². The summed E-state index contributed by atoms with van der Waals surface area (Å²) in [6, 6.07) is 25.4. The first-order chi connectivity index (χ1) is 18.7. The summed E-state index contributed by atoms with van der Waals surface area (Å²) in [5.74, 6) is 0.937. The van der Waals surface area contributed by atoms with E-state index < -0.39 is 0 Å². The Bertz CT molecular complexity index is 1420. The molecule has 2 heterocycles. The Hall–Kier alpha value is -4.16. The predicted molar refractivity (Wildman–Crippen MR) is 154 cm³/mol. The van der Waals surface area contributed by atoms with Crippen molar-refractivity contribution in [3.63, 3.8) is 0 Å². The number of allylic oxidation sites excluding steroid dienone is 1. The van der Waals surface area contributed by atoms with Gasteiger partial charge in [-0.1, -0.05) is 61.5 Å². The highest BCUT2D eigenvalue weighted by Crippen LogP contribution is 2.36. The molecule has 6 nitrogen and oxygen atoms in total. The first-order valence-corrected chi connectivity index (χ1v) is 13.3. The van der Waals surface area contributed by atoms with Crippen LogP contribution in [0.3, 0.4) is 0 Å². The Balaban J connectivity index is 1.27. The van der Waals surface area contributed by atoms with Crippen molar-refractivity contribution in [3.05, 3.63) is 108 Å². The molecule has 2 N–H and O–H groups in total. The molecule has 3 aromatic carbocycles. The molecule has 0 atom stereocenters. The number of nitrogens with one attached hydrogen (secondary N) is 2. The van der Waals surface area contributed by atoms with Crippen LogP contribution < -0.4 is 10.1 Å². The summed E-state index contributed by atoms with van der Waals surface area (Å²) >= 11 is 0. The molecule has 5 rings (SSSR count). The van der Waals surface area contributed by atoms with Crippen molar-refractivity contribution in [3.8, 4) is 5.75 Å². The lowest BCUT2D eigenvalue weighted by atomic mass is 9.88. The van der Waals surface area contributed by atoms with E-state index in [1.807, 2.05) is 29.3 Å². The van der Waals surface area contributed by atoms with Crippen molar-refractivity contribution in [2.75, 3.05) is 32.8 Å². The lowest BCUT2D eigenvalue weighted by molar-refractivity contribution is -0.129. The molecule has 1 saturated heterocycles. The molecule has 0 spiro atoms. The molecule has 0 unspecified atom stereocenters. The summed E-state index contributed by atoms with van der Waals surface area (Å²) in [7, 11) is 0. The first kappa shape index (κ1) is 25.5. The van der Waals surface area contributed by atoms with E-state index in [2.05, 4.69) is 83.1 Å². The maximum atomic E-state index is 11.8. The van der Waals surface area contributed by atoms with Crippen LogP contribution in [0, 0.1) is 0 Å². The Morgan fingerprint density at radius 3 is 2.55 bits per heavy atom. The second-order valence-electron chi connectivity index (χ2n) is 9.40. The Morgan fingerprint density at radius 2 is 1.82 bits per heavy atom. The quantitative estimate of drug-likeness (QED) is 0.156. The number of hydrogen-bond acceptors (Lipinski definition) is 4. The van der Waals surface area contributed by atoms with Crippen LogP contribution >= 0.6 is 0 Å². The molecule has 0 bridgehead atoms. The fraction of sp³-hybridized carbons (Fsp3) is 0.250. The molecule has 1 aliphatic rings.